The standard InChI is InChI=1S/C29H33N3O2/c1-20-25(6-3-9-28(20)31-13-15-34-16-14-31)29(33)32-23-10-11-24(32)19-21(18-23)17-22-5-2-8-27-26(22)7-4-12-30-27/h2-9,12,21,23-24H,10-11,13-19H2,1H3/t23-,24-/m0/s1. The Balaban J connectivity index is 1.20. The van der Waals surface area contributed by atoms with Crippen molar-refractivity contribution in [2.24, 2.45) is 5.92 Å². The minimum atomic E-state index is 0.230. The average molecular weight is 456 g/mol. The van der Waals surface area contributed by atoms with Crippen molar-refractivity contribution in [3.8, 4) is 0 Å². The molecule has 4 heterocycles. The molecule has 0 spiro atoms. The number of rotatable bonds is 4. The van der Waals surface area contributed by atoms with Crippen molar-refractivity contribution in [2.45, 2.75) is 51.1 Å². The number of carbonyl (C=O) groups excluding carboxylic acids is 1. The maximum atomic E-state index is 13.8. The van der Waals surface area contributed by atoms with Crippen LogP contribution in [0.15, 0.2) is 54.7 Å². The van der Waals surface area contributed by atoms with Crippen molar-refractivity contribution in [1.82, 2.24) is 9.88 Å². The lowest BCUT2D eigenvalue weighted by Crippen LogP contribution is -2.47. The fraction of sp³-hybridized carbons (Fsp3) is 0.448. The summed E-state index contributed by atoms with van der Waals surface area (Å²) in [6.07, 6.45) is 7.40. The van der Waals surface area contributed by atoms with E-state index in [0.29, 0.717) is 18.0 Å². The van der Waals surface area contributed by atoms with Crippen LogP contribution in [0.3, 0.4) is 0 Å². The number of anilines is 1. The largest absolute Gasteiger partial charge is 0.378 e. The van der Waals surface area contributed by atoms with Crippen LogP contribution >= 0.6 is 0 Å². The molecule has 1 aromatic heterocycles. The lowest BCUT2D eigenvalue weighted by atomic mass is 9.84. The third-order valence-electron chi connectivity index (χ3n) is 8.20. The highest BCUT2D eigenvalue weighted by Crippen LogP contribution is 2.41. The van der Waals surface area contributed by atoms with Gasteiger partial charge in [0.05, 0.1) is 18.7 Å². The van der Waals surface area contributed by atoms with Crippen LogP contribution in [0.4, 0.5) is 5.69 Å². The monoisotopic (exact) mass is 455 g/mol. The topological polar surface area (TPSA) is 45.7 Å². The number of benzene rings is 2. The molecule has 0 radical (unpaired) electrons. The van der Waals surface area contributed by atoms with Crippen molar-refractivity contribution in [3.63, 3.8) is 0 Å². The van der Waals surface area contributed by atoms with Gasteiger partial charge in [0.15, 0.2) is 0 Å². The van der Waals surface area contributed by atoms with E-state index in [1.165, 1.54) is 16.6 Å². The summed E-state index contributed by atoms with van der Waals surface area (Å²) < 4.78 is 5.53. The molecule has 0 saturated carbocycles. The molecular formula is C29H33N3O2. The molecule has 1 amide bonds. The lowest BCUT2D eigenvalue weighted by Gasteiger charge is -2.40. The van der Waals surface area contributed by atoms with Gasteiger partial charge in [0.25, 0.3) is 5.91 Å². The zero-order valence-electron chi connectivity index (χ0n) is 20.0. The van der Waals surface area contributed by atoms with Gasteiger partial charge in [0, 0.05) is 48.0 Å². The normalized spacial score (nSPS) is 24.6. The number of carbonyl (C=O) groups is 1. The molecule has 3 aliphatic rings. The van der Waals surface area contributed by atoms with Crippen LogP contribution in [0.25, 0.3) is 10.9 Å². The number of morpholine rings is 1. The fourth-order valence-electron chi connectivity index (χ4n) is 6.59. The summed E-state index contributed by atoms with van der Waals surface area (Å²) in [5.74, 6) is 0.848. The molecule has 5 nitrogen and oxygen atoms in total. The van der Waals surface area contributed by atoms with E-state index in [4.69, 9.17) is 4.74 Å². The first-order valence-electron chi connectivity index (χ1n) is 12.8. The van der Waals surface area contributed by atoms with Crippen LogP contribution in [0.1, 0.15) is 47.2 Å². The van der Waals surface area contributed by atoms with Gasteiger partial charge in [-0.2, -0.15) is 0 Å². The number of pyridine rings is 1. The fourth-order valence-corrected chi connectivity index (χ4v) is 6.59. The Bertz CT molecular complexity index is 1180. The Hall–Kier alpha value is -2.92. The molecule has 0 aliphatic carbocycles. The van der Waals surface area contributed by atoms with E-state index in [0.717, 1.165) is 75.1 Å². The number of hydrogen-bond acceptors (Lipinski definition) is 4. The summed E-state index contributed by atoms with van der Waals surface area (Å²) in [4.78, 5) is 23.0. The number of hydrogen-bond donors (Lipinski definition) is 0. The predicted molar refractivity (Wildman–Crippen MR) is 135 cm³/mol. The molecule has 6 rings (SSSR count). The van der Waals surface area contributed by atoms with Crippen molar-refractivity contribution in [2.75, 3.05) is 31.2 Å². The molecule has 0 unspecified atom stereocenters. The van der Waals surface area contributed by atoms with Crippen LogP contribution < -0.4 is 4.90 Å². The molecule has 3 aliphatic heterocycles. The number of piperidine rings is 1. The second-order valence-corrected chi connectivity index (χ2v) is 10.2. The minimum absolute atomic E-state index is 0.230. The van der Waals surface area contributed by atoms with Gasteiger partial charge in [0.2, 0.25) is 0 Å². The van der Waals surface area contributed by atoms with E-state index >= 15 is 0 Å². The zero-order valence-corrected chi connectivity index (χ0v) is 20.0. The average Bonchev–Trinajstić information content (AvgIpc) is 3.14. The van der Waals surface area contributed by atoms with E-state index in [-0.39, 0.29) is 5.91 Å². The van der Waals surface area contributed by atoms with Crippen molar-refractivity contribution in [3.05, 3.63) is 71.4 Å². The molecule has 3 aromatic rings. The first-order valence-corrected chi connectivity index (χ1v) is 12.8. The van der Waals surface area contributed by atoms with Gasteiger partial charge in [-0.05, 0) is 80.3 Å². The Morgan fingerprint density at radius 3 is 2.56 bits per heavy atom. The molecule has 0 N–H and O–H groups in total. The number of aromatic nitrogens is 1. The summed E-state index contributed by atoms with van der Waals surface area (Å²) in [7, 11) is 0. The molecule has 176 valence electrons. The second kappa shape index (κ2) is 9.03. The van der Waals surface area contributed by atoms with Crippen molar-refractivity contribution < 1.29 is 9.53 Å². The Morgan fingerprint density at radius 2 is 1.76 bits per heavy atom. The molecule has 5 heteroatoms. The van der Waals surface area contributed by atoms with E-state index < -0.39 is 0 Å². The van der Waals surface area contributed by atoms with Gasteiger partial charge in [-0.15, -0.1) is 0 Å². The highest BCUT2D eigenvalue weighted by molar-refractivity contribution is 5.97. The van der Waals surface area contributed by atoms with Crippen LogP contribution in [0.5, 0.6) is 0 Å². The van der Waals surface area contributed by atoms with E-state index in [1.807, 2.05) is 24.4 Å². The van der Waals surface area contributed by atoms with Gasteiger partial charge in [-0.25, -0.2) is 0 Å². The number of ether oxygens (including phenoxy) is 1. The first-order chi connectivity index (χ1) is 16.7. The summed E-state index contributed by atoms with van der Waals surface area (Å²) in [5, 5.41) is 1.27. The van der Waals surface area contributed by atoms with Crippen molar-refractivity contribution >= 4 is 22.5 Å². The van der Waals surface area contributed by atoms with Gasteiger partial charge in [0.1, 0.15) is 0 Å². The third-order valence-corrected chi connectivity index (χ3v) is 8.20. The summed E-state index contributed by atoms with van der Waals surface area (Å²) in [5.41, 5.74) is 5.63. The summed E-state index contributed by atoms with van der Waals surface area (Å²) in [6.45, 7) is 5.39. The molecule has 34 heavy (non-hydrogen) atoms. The highest BCUT2D eigenvalue weighted by atomic mass is 16.5. The minimum Gasteiger partial charge on any atom is -0.378 e. The quantitative estimate of drug-likeness (QED) is 0.555. The number of nitrogens with zero attached hydrogens (tertiary/aromatic N) is 3. The van der Waals surface area contributed by atoms with Gasteiger partial charge >= 0.3 is 0 Å². The summed E-state index contributed by atoms with van der Waals surface area (Å²) in [6, 6.07) is 17.6. The van der Waals surface area contributed by atoms with Crippen LogP contribution in [-0.4, -0.2) is 54.2 Å². The second-order valence-electron chi connectivity index (χ2n) is 10.2. The Morgan fingerprint density at radius 1 is 1.00 bits per heavy atom. The maximum absolute atomic E-state index is 13.8. The molecule has 2 bridgehead atoms. The van der Waals surface area contributed by atoms with Gasteiger partial charge in [-0.3, -0.25) is 9.78 Å². The molecular weight excluding hydrogens is 422 g/mol. The van der Waals surface area contributed by atoms with E-state index in [2.05, 4.69) is 52.0 Å². The van der Waals surface area contributed by atoms with E-state index in [9.17, 15) is 4.79 Å². The third kappa shape index (κ3) is 3.86. The highest BCUT2D eigenvalue weighted by Gasteiger charge is 2.43. The summed E-state index contributed by atoms with van der Waals surface area (Å²) >= 11 is 0. The van der Waals surface area contributed by atoms with Crippen molar-refractivity contribution in [1.29, 1.82) is 0 Å². The molecule has 2 aromatic carbocycles. The zero-order chi connectivity index (χ0) is 23.1. The molecule has 3 saturated heterocycles. The SMILES string of the molecule is Cc1c(C(=O)N2[C@H]3CC[C@H]2CC(Cc2cccc4ncccc24)C3)cccc1N1CCOCC1. The lowest BCUT2D eigenvalue weighted by molar-refractivity contribution is 0.0524. The van der Waals surface area contributed by atoms with Crippen LogP contribution in [0.2, 0.25) is 0 Å². The molecule has 2 atom stereocenters. The van der Waals surface area contributed by atoms with Gasteiger partial charge < -0.3 is 14.5 Å². The van der Waals surface area contributed by atoms with E-state index in [1.54, 1.807) is 0 Å². The Labute approximate surface area is 201 Å². The van der Waals surface area contributed by atoms with Crippen LogP contribution in [-0.2, 0) is 11.2 Å². The number of fused-ring (bicyclic) bond motifs is 3. The van der Waals surface area contributed by atoms with Crippen LogP contribution in [0, 0.1) is 12.8 Å². The Kier molecular flexibility index (Phi) is 5.74. The number of amides is 1. The van der Waals surface area contributed by atoms with Gasteiger partial charge in [-0.1, -0.05) is 24.3 Å². The first kappa shape index (κ1) is 21.6. The molecule has 3 fully saturated rings. The predicted octanol–water partition coefficient (Wildman–Crippen LogP) is 5.01. The maximum Gasteiger partial charge on any atom is 0.254 e. The smallest absolute Gasteiger partial charge is 0.254 e.